The summed E-state index contributed by atoms with van der Waals surface area (Å²) in [5.74, 6) is 0.158. The molecule has 134 valence electrons. The van der Waals surface area contributed by atoms with Gasteiger partial charge in [0.15, 0.2) is 0 Å². The summed E-state index contributed by atoms with van der Waals surface area (Å²) < 4.78 is 1.26. The SMILES string of the molecule is CN1C(=O)[C@H](Cc2cccc3ccccc23)N[C@@H]1c1cc2ccccc2s1. The van der Waals surface area contributed by atoms with Gasteiger partial charge in [-0.3, -0.25) is 10.1 Å². The van der Waals surface area contributed by atoms with Crippen LogP contribution in [0.5, 0.6) is 0 Å². The number of thiophene rings is 1. The maximum Gasteiger partial charge on any atom is 0.241 e. The fraction of sp³-hybridized carbons (Fsp3) is 0.174. The van der Waals surface area contributed by atoms with Gasteiger partial charge in [0.25, 0.3) is 0 Å². The van der Waals surface area contributed by atoms with Crippen LogP contribution in [0.1, 0.15) is 16.6 Å². The lowest BCUT2D eigenvalue weighted by Gasteiger charge is -2.17. The highest BCUT2D eigenvalue weighted by molar-refractivity contribution is 7.19. The number of hydrogen-bond acceptors (Lipinski definition) is 3. The van der Waals surface area contributed by atoms with E-state index in [1.54, 1.807) is 11.3 Å². The summed E-state index contributed by atoms with van der Waals surface area (Å²) in [4.78, 5) is 15.9. The van der Waals surface area contributed by atoms with Gasteiger partial charge in [-0.15, -0.1) is 11.3 Å². The first-order valence-electron chi connectivity index (χ1n) is 9.18. The third-order valence-electron chi connectivity index (χ3n) is 5.41. The van der Waals surface area contributed by atoms with Gasteiger partial charge in [0.2, 0.25) is 5.91 Å². The number of amides is 1. The van der Waals surface area contributed by atoms with Gasteiger partial charge in [0.05, 0.1) is 6.04 Å². The van der Waals surface area contributed by atoms with Crippen molar-refractivity contribution in [3.63, 3.8) is 0 Å². The van der Waals surface area contributed by atoms with Gasteiger partial charge >= 0.3 is 0 Å². The van der Waals surface area contributed by atoms with Gasteiger partial charge in [-0.25, -0.2) is 0 Å². The fourth-order valence-corrected chi connectivity index (χ4v) is 5.16. The maximum absolute atomic E-state index is 12.9. The van der Waals surface area contributed by atoms with E-state index in [4.69, 9.17) is 0 Å². The number of likely N-dealkylation sites (N-methyl/N-ethyl adjacent to an activating group) is 1. The molecule has 1 amide bonds. The number of benzene rings is 3. The van der Waals surface area contributed by atoms with Crippen molar-refractivity contribution in [3.05, 3.63) is 83.2 Å². The van der Waals surface area contributed by atoms with E-state index in [-0.39, 0.29) is 18.1 Å². The molecule has 4 aromatic rings. The Morgan fingerprint density at radius 2 is 1.70 bits per heavy atom. The smallest absolute Gasteiger partial charge is 0.241 e. The largest absolute Gasteiger partial charge is 0.324 e. The fourth-order valence-electron chi connectivity index (χ4n) is 3.99. The second kappa shape index (κ2) is 6.48. The standard InChI is InChI=1S/C23H20N2OS/c1-25-22(21-14-17-8-3-5-12-20(17)27-21)24-19(23(25)26)13-16-10-6-9-15-7-2-4-11-18(15)16/h2-12,14,19,22,24H,13H2,1H3/t19-,22-/m0/s1. The molecule has 5 rings (SSSR count). The van der Waals surface area contributed by atoms with E-state index in [9.17, 15) is 4.79 Å². The molecule has 0 saturated carbocycles. The van der Waals surface area contributed by atoms with Crippen LogP contribution in [0.3, 0.4) is 0 Å². The molecule has 27 heavy (non-hydrogen) atoms. The van der Waals surface area contributed by atoms with E-state index in [2.05, 4.69) is 78.1 Å². The van der Waals surface area contributed by atoms with Crippen molar-refractivity contribution >= 4 is 38.1 Å². The maximum atomic E-state index is 12.9. The number of hydrogen-bond donors (Lipinski definition) is 1. The average Bonchev–Trinajstić information content (AvgIpc) is 3.24. The minimum absolute atomic E-state index is 0.0603. The molecule has 1 saturated heterocycles. The minimum Gasteiger partial charge on any atom is -0.324 e. The van der Waals surface area contributed by atoms with E-state index in [0.717, 1.165) is 0 Å². The zero-order valence-electron chi connectivity index (χ0n) is 15.1. The summed E-state index contributed by atoms with van der Waals surface area (Å²) in [6.07, 6.45) is 0.640. The molecule has 0 aliphatic carbocycles. The molecule has 2 heterocycles. The summed E-state index contributed by atoms with van der Waals surface area (Å²) in [5, 5.41) is 7.24. The molecule has 1 aliphatic rings. The number of rotatable bonds is 3. The van der Waals surface area contributed by atoms with E-state index < -0.39 is 0 Å². The van der Waals surface area contributed by atoms with Crippen LogP contribution < -0.4 is 5.32 Å². The third kappa shape index (κ3) is 2.82. The molecule has 1 fully saturated rings. The molecular formula is C23H20N2OS. The lowest BCUT2D eigenvalue weighted by atomic mass is 9.99. The molecule has 4 heteroatoms. The van der Waals surface area contributed by atoms with Crippen molar-refractivity contribution in [3.8, 4) is 0 Å². The lowest BCUT2D eigenvalue weighted by molar-refractivity contribution is -0.128. The number of fused-ring (bicyclic) bond motifs is 2. The van der Waals surface area contributed by atoms with Crippen LogP contribution in [-0.2, 0) is 11.2 Å². The molecule has 1 aromatic heterocycles. The van der Waals surface area contributed by atoms with Gasteiger partial charge in [-0.2, -0.15) is 0 Å². The van der Waals surface area contributed by atoms with Crippen LogP contribution in [0.15, 0.2) is 72.8 Å². The number of carbonyl (C=O) groups is 1. The second-order valence-corrected chi connectivity index (χ2v) is 8.22. The second-order valence-electron chi connectivity index (χ2n) is 7.10. The van der Waals surface area contributed by atoms with Crippen molar-refractivity contribution in [2.45, 2.75) is 18.6 Å². The number of nitrogens with one attached hydrogen (secondary N) is 1. The number of nitrogens with zero attached hydrogens (tertiary/aromatic N) is 1. The van der Waals surface area contributed by atoms with Gasteiger partial charge < -0.3 is 4.90 Å². The molecule has 1 N–H and O–H groups in total. The van der Waals surface area contributed by atoms with E-state index in [0.29, 0.717) is 6.42 Å². The van der Waals surface area contributed by atoms with Crippen molar-refractivity contribution < 1.29 is 4.79 Å². The van der Waals surface area contributed by atoms with Gasteiger partial charge in [0, 0.05) is 16.6 Å². The lowest BCUT2D eigenvalue weighted by Crippen LogP contribution is -2.31. The monoisotopic (exact) mass is 372 g/mol. The zero-order chi connectivity index (χ0) is 18.4. The van der Waals surface area contributed by atoms with Crippen molar-refractivity contribution in [1.29, 1.82) is 0 Å². The molecule has 0 unspecified atom stereocenters. The molecule has 1 aliphatic heterocycles. The first-order chi connectivity index (χ1) is 13.2. The van der Waals surface area contributed by atoms with E-state index >= 15 is 0 Å². The molecule has 0 spiro atoms. The topological polar surface area (TPSA) is 32.3 Å². The molecule has 2 atom stereocenters. The molecule has 3 nitrogen and oxygen atoms in total. The Morgan fingerprint density at radius 1 is 0.963 bits per heavy atom. The summed E-state index contributed by atoms with van der Waals surface area (Å²) in [6.45, 7) is 0. The third-order valence-corrected chi connectivity index (χ3v) is 6.58. The van der Waals surface area contributed by atoms with Gasteiger partial charge in [-0.05, 0) is 40.3 Å². The predicted octanol–water partition coefficient (Wildman–Crippen LogP) is 4.73. The quantitative estimate of drug-likeness (QED) is 0.564. The van der Waals surface area contributed by atoms with Crippen molar-refractivity contribution in [2.24, 2.45) is 0 Å². The minimum atomic E-state index is -0.198. The highest BCUT2D eigenvalue weighted by Crippen LogP contribution is 2.34. The van der Waals surface area contributed by atoms with Crippen LogP contribution in [0.25, 0.3) is 20.9 Å². The Bertz CT molecular complexity index is 1110. The summed E-state index contributed by atoms with van der Waals surface area (Å²) in [7, 11) is 1.90. The highest BCUT2D eigenvalue weighted by Gasteiger charge is 2.38. The zero-order valence-corrected chi connectivity index (χ0v) is 15.9. The highest BCUT2D eigenvalue weighted by atomic mass is 32.1. The van der Waals surface area contributed by atoms with E-state index in [1.165, 1.54) is 31.3 Å². The summed E-state index contributed by atoms with van der Waals surface area (Å²) in [5.41, 5.74) is 1.21. The van der Waals surface area contributed by atoms with Crippen LogP contribution in [0, 0.1) is 0 Å². The normalized spacial score (nSPS) is 20.0. The Hall–Kier alpha value is -2.69. The molecule has 0 bridgehead atoms. The first-order valence-corrected chi connectivity index (χ1v) is 10.0. The van der Waals surface area contributed by atoms with Crippen LogP contribution in [0.2, 0.25) is 0 Å². The van der Waals surface area contributed by atoms with Gasteiger partial charge in [-0.1, -0.05) is 60.7 Å². The molecule has 3 aromatic carbocycles. The van der Waals surface area contributed by atoms with Crippen molar-refractivity contribution in [2.75, 3.05) is 7.05 Å². The first kappa shape index (κ1) is 16.5. The van der Waals surface area contributed by atoms with Crippen molar-refractivity contribution in [1.82, 2.24) is 10.2 Å². The predicted molar refractivity (Wildman–Crippen MR) is 112 cm³/mol. The van der Waals surface area contributed by atoms with E-state index in [1.807, 2.05) is 11.9 Å². The Morgan fingerprint density at radius 3 is 2.56 bits per heavy atom. The Kier molecular flexibility index (Phi) is 3.96. The van der Waals surface area contributed by atoms with Gasteiger partial charge in [0.1, 0.15) is 6.17 Å². The Labute approximate surface area is 162 Å². The van der Waals surface area contributed by atoms with Crippen LogP contribution in [-0.4, -0.2) is 23.9 Å². The number of carbonyl (C=O) groups excluding carboxylic acids is 1. The molecular weight excluding hydrogens is 352 g/mol. The summed E-state index contributed by atoms with van der Waals surface area (Å²) >= 11 is 1.75. The summed E-state index contributed by atoms with van der Waals surface area (Å²) in [6, 6.07) is 25.1. The average molecular weight is 372 g/mol. The molecule has 0 radical (unpaired) electrons. The van der Waals surface area contributed by atoms with Crippen LogP contribution in [0.4, 0.5) is 0 Å². The van der Waals surface area contributed by atoms with Crippen LogP contribution >= 0.6 is 11.3 Å². The Balaban J connectivity index is 1.45.